The van der Waals surface area contributed by atoms with E-state index in [0.717, 1.165) is 6.54 Å². The van der Waals surface area contributed by atoms with Crippen molar-refractivity contribution in [2.24, 2.45) is 5.41 Å². The minimum absolute atomic E-state index is 0.0424. The molecule has 1 heterocycles. The van der Waals surface area contributed by atoms with Gasteiger partial charge < -0.3 is 10.1 Å². The van der Waals surface area contributed by atoms with Gasteiger partial charge in [0.05, 0.1) is 0 Å². The minimum atomic E-state index is -0.367. The maximum atomic E-state index is 11.9. The third-order valence-corrected chi connectivity index (χ3v) is 3.51. The molecule has 1 atom stereocenters. The number of carbonyl (C=O) groups excluding carboxylic acids is 1. The number of esters is 1. The molecule has 1 aliphatic heterocycles. The fourth-order valence-corrected chi connectivity index (χ4v) is 2.73. The summed E-state index contributed by atoms with van der Waals surface area (Å²) >= 11 is 0. The maximum absolute atomic E-state index is 11.9. The molecule has 2 aliphatic rings. The van der Waals surface area contributed by atoms with Crippen LogP contribution in [0.3, 0.4) is 0 Å². The highest BCUT2D eigenvalue weighted by Crippen LogP contribution is 2.46. The topological polar surface area (TPSA) is 38.3 Å². The van der Waals surface area contributed by atoms with Crippen LogP contribution in [0.15, 0.2) is 0 Å². The number of hydrogen-bond donors (Lipinski definition) is 1. The summed E-state index contributed by atoms with van der Waals surface area (Å²) in [5, 5.41) is 3.23. The molecular weight excluding hydrogens is 190 g/mol. The predicted octanol–water partition coefficient (Wildman–Crippen LogP) is 1.86. The van der Waals surface area contributed by atoms with Crippen molar-refractivity contribution in [1.82, 2.24) is 5.32 Å². The minimum Gasteiger partial charge on any atom is -0.459 e. The standard InChI is InChI=1S/C12H21NO2/c1-11(2,3)15-10(14)9-12(8-13-9)6-4-5-7-12/h9,13H,4-8H2,1-3H3. The number of ether oxygens (including phenoxy) is 1. The Morgan fingerprint density at radius 1 is 1.33 bits per heavy atom. The highest BCUT2D eigenvalue weighted by atomic mass is 16.6. The van der Waals surface area contributed by atoms with Crippen molar-refractivity contribution < 1.29 is 9.53 Å². The molecule has 1 spiro atoms. The predicted molar refractivity (Wildman–Crippen MR) is 58.5 cm³/mol. The Morgan fingerprint density at radius 2 is 1.93 bits per heavy atom. The normalized spacial score (nSPS) is 28.9. The summed E-state index contributed by atoms with van der Waals surface area (Å²) in [6, 6.07) is -0.0424. The van der Waals surface area contributed by atoms with E-state index >= 15 is 0 Å². The molecular formula is C12H21NO2. The zero-order valence-electron chi connectivity index (χ0n) is 9.93. The van der Waals surface area contributed by atoms with Gasteiger partial charge in [0.15, 0.2) is 0 Å². The maximum Gasteiger partial charge on any atom is 0.324 e. The fraction of sp³-hybridized carbons (Fsp3) is 0.917. The van der Waals surface area contributed by atoms with Crippen LogP contribution in [-0.4, -0.2) is 24.2 Å². The Balaban J connectivity index is 1.97. The Hall–Kier alpha value is -0.570. The van der Waals surface area contributed by atoms with Crippen molar-refractivity contribution in [1.29, 1.82) is 0 Å². The Bertz CT molecular complexity index is 261. The number of nitrogens with one attached hydrogen (secondary N) is 1. The molecule has 1 N–H and O–H groups in total. The van der Waals surface area contributed by atoms with Crippen LogP contribution in [0.2, 0.25) is 0 Å². The fourth-order valence-electron chi connectivity index (χ4n) is 2.73. The molecule has 1 unspecified atom stereocenters. The van der Waals surface area contributed by atoms with Gasteiger partial charge >= 0.3 is 5.97 Å². The summed E-state index contributed by atoms with van der Waals surface area (Å²) < 4.78 is 5.43. The Labute approximate surface area is 91.6 Å². The first-order valence-corrected chi connectivity index (χ1v) is 5.89. The van der Waals surface area contributed by atoms with Gasteiger partial charge in [-0.1, -0.05) is 12.8 Å². The summed E-state index contributed by atoms with van der Waals surface area (Å²) in [7, 11) is 0. The van der Waals surface area contributed by atoms with E-state index in [1.807, 2.05) is 20.8 Å². The second-order valence-electron chi connectivity index (χ2n) is 5.92. The first kappa shape index (κ1) is 10.9. The first-order valence-electron chi connectivity index (χ1n) is 5.89. The van der Waals surface area contributed by atoms with Gasteiger partial charge in [-0.15, -0.1) is 0 Å². The summed E-state index contributed by atoms with van der Waals surface area (Å²) in [6.45, 7) is 6.76. The quantitative estimate of drug-likeness (QED) is 0.673. The summed E-state index contributed by atoms with van der Waals surface area (Å²) in [4.78, 5) is 11.9. The molecule has 0 aromatic rings. The lowest BCUT2D eigenvalue weighted by Gasteiger charge is -2.47. The number of carbonyl (C=O) groups is 1. The van der Waals surface area contributed by atoms with Crippen LogP contribution in [0.5, 0.6) is 0 Å². The molecule has 2 fully saturated rings. The average molecular weight is 211 g/mol. The van der Waals surface area contributed by atoms with E-state index in [1.54, 1.807) is 0 Å². The van der Waals surface area contributed by atoms with Gasteiger partial charge in [-0.05, 0) is 33.6 Å². The molecule has 0 radical (unpaired) electrons. The second-order valence-corrected chi connectivity index (χ2v) is 5.92. The Kier molecular flexibility index (Phi) is 2.53. The van der Waals surface area contributed by atoms with Crippen LogP contribution in [-0.2, 0) is 9.53 Å². The molecule has 2 rings (SSSR count). The van der Waals surface area contributed by atoms with Gasteiger partial charge in [0.1, 0.15) is 11.6 Å². The van der Waals surface area contributed by atoms with Gasteiger partial charge in [0.2, 0.25) is 0 Å². The molecule has 3 nitrogen and oxygen atoms in total. The molecule has 0 amide bonds. The van der Waals surface area contributed by atoms with E-state index in [1.165, 1.54) is 25.7 Å². The van der Waals surface area contributed by atoms with Crippen LogP contribution < -0.4 is 5.32 Å². The largest absolute Gasteiger partial charge is 0.459 e. The van der Waals surface area contributed by atoms with Crippen molar-refractivity contribution in [3.8, 4) is 0 Å². The van der Waals surface area contributed by atoms with Gasteiger partial charge in [0, 0.05) is 12.0 Å². The molecule has 1 saturated carbocycles. The zero-order valence-corrected chi connectivity index (χ0v) is 9.93. The van der Waals surface area contributed by atoms with E-state index in [0.29, 0.717) is 0 Å². The molecule has 3 heteroatoms. The summed E-state index contributed by atoms with van der Waals surface area (Å²) in [5.74, 6) is -0.0596. The van der Waals surface area contributed by atoms with E-state index in [-0.39, 0.29) is 23.0 Å². The zero-order chi connectivity index (χ0) is 11.1. The number of hydrogen-bond acceptors (Lipinski definition) is 3. The smallest absolute Gasteiger partial charge is 0.324 e. The van der Waals surface area contributed by atoms with Crippen LogP contribution in [0.4, 0.5) is 0 Å². The van der Waals surface area contributed by atoms with Crippen molar-refractivity contribution >= 4 is 5.97 Å². The summed E-state index contributed by atoms with van der Waals surface area (Å²) in [5.41, 5.74) is -0.128. The van der Waals surface area contributed by atoms with Crippen LogP contribution in [0, 0.1) is 5.41 Å². The van der Waals surface area contributed by atoms with Crippen LogP contribution >= 0.6 is 0 Å². The lowest BCUT2D eigenvalue weighted by atomic mass is 9.72. The molecule has 0 aromatic heterocycles. The highest BCUT2D eigenvalue weighted by molar-refractivity contribution is 5.78. The molecule has 1 aliphatic carbocycles. The highest BCUT2D eigenvalue weighted by Gasteiger charge is 2.52. The third-order valence-electron chi connectivity index (χ3n) is 3.51. The molecule has 0 bridgehead atoms. The van der Waals surface area contributed by atoms with Gasteiger partial charge in [-0.2, -0.15) is 0 Å². The van der Waals surface area contributed by atoms with Gasteiger partial charge in [-0.25, -0.2) is 0 Å². The molecule has 86 valence electrons. The third kappa shape index (κ3) is 2.03. The molecule has 15 heavy (non-hydrogen) atoms. The van der Waals surface area contributed by atoms with Gasteiger partial charge in [0.25, 0.3) is 0 Å². The van der Waals surface area contributed by atoms with E-state index in [4.69, 9.17) is 4.74 Å². The van der Waals surface area contributed by atoms with Crippen molar-refractivity contribution in [2.45, 2.75) is 58.1 Å². The molecule has 1 saturated heterocycles. The lowest BCUT2D eigenvalue weighted by molar-refractivity contribution is -0.166. The van der Waals surface area contributed by atoms with Crippen molar-refractivity contribution in [3.63, 3.8) is 0 Å². The second kappa shape index (κ2) is 3.48. The van der Waals surface area contributed by atoms with E-state index in [9.17, 15) is 4.79 Å². The Morgan fingerprint density at radius 3 is 2.33 bits per heavy atom. The van der Waals surface area contributed by atoms with Crippen molar-refractivity contribution in [2.75, 3.05) is 6.54 Å². The van der Waals surface area contributed by atoms with Crippen LogP contribution in [0.25, 0.3) is 0 Å². The van der Waals surface area contributed by atoms with Crippen molar-refractivity contribution in [3.05, 3.63) is 0 Å². The lowest BCUT2D eigenvalue weighted by Crippen LogP contribution is -2.65. The average Bonchev–Trinajstić information content (AvgIpc) is 2.47. The number of rotatable bonds is 1. The van der Waals surface area contributed by atoms with E-state index in [2.05, 4.69) is 5.32 Å². The first-order chi connectivity index (χ1) is 6.93. The summed E-state index contributed by atoms with van der Waals surface area (Å²) in [6.07, 6.45) is 4.90. The monoisotopic (exact) mass is 211 g/mol. The SMILES string of the molecule is CC(C)(C)OC(=O)C1NCC12CCCC2. The van der Waals surface area contributed by atoms with Crippen LogP contribution in [0.1, 0.15) is 46.5 Å². The molecule has 0 aromatic carbocycles. The van der Waals surface area contributed by atoms with Gasteiger partial charge in [-0.3, -0.25) is 4.79 Å². The van der Waals surface area contributed by atoms with E-state index < -0.39 is 0 Å².